The molecule has 1 aliphatic rings. The summed E-state index contributed by atoms with van der Waals surface area (Å²) < 4.78 is 0. The van der Waals surface area contributed by atoms with Gasteiger partial charge in [-0.1, -0.05) is 18.2 Å². The third kappa shape index (κ3) is 3.93. The molecule has 2 aromatic heterocycles. The second-order valence-electron chi connectivity index (χ2n) is 6.72. The van der Waals surface area contributed by atoms with E-state index >= 15 is 0 Å². The van der Waals surface area contributed by atoms with Crippen molar-refractivity contribution < 1.29 is 4.79 Å². The Morgan fingerprint density at radius 2 is 1.68 bits per heavy atom. The Morgan fingerprint density at radius 1 is 0.964 bits per heavy atom. The lowest BCUT2D eigenvalue weighted by atomic mass is 10.1. The van der Waals surface area contributed by atoms with Crippen molar-refractivity contribution in [3.05, 3.63) is 72.3 Å². The first-order valence-corrected chi connectivity index (χ1v) is 9.29. The third-order valence-corrected chi connectivity index (χ3v) is 4.86. The number of hydrogen-bond donors (Lipinski definition) is 1. The number of rotatable bonds is 4. The van der Waals surface area contributed by atoms with E-state index in [1.807, 2.05) is 43.3 Å². The predicted molar refractivity (Wildman–Crippen MR) is 110 cm³/mol. The van der Waals surface area contributed by atoms with Crippen LogP contribution in [0.3, 0.4) is 0 Å². The van der Waals surface area contributed by atoms with Gasteiger partial charge in [0, 0.05) is 50.5 Å². The summed E-state index contributed by atoms with van der Waals surface area (Å²) >= 11 is 0. The molecule has 0 unspecified atom stereocenters. The molecule has 7 nitrogen and oxygen atoms in total. The number of para-hydroxylation sites is 1. The van der Waals surface area contributed by atoms with E-state index in [0.29, 0.717) is 5.56 Å². The Kier molecular flexibility index (Phi) is 5.14. The van der Waals surface area contributed by atoms with Gasteiger partial charge >= 0.3 is 0 Å². The molecule has 1 aliphatic heterocycles. The van der Waals surface area contributed by atoms with Crippen LogP contribution in [0.5, 0.6) is 0 Å². The molecule has 0 aliphatic carbocycles. The standard InChI is InChI=1S/C21H22N6O/c1-16-5-2-3-6-19(16)25-20(28)17-13-18(15-22-14-17)26-9-11-27(12-10-26)21-23-7-4-8-24-21/h2-8,13-15H,9-12H2,1H3,(H,25,28). The number of hydrogen-bond acceptors (Lipinski definition) is 6. The lowest BCUT2D eigenvalue weighted by Gasteiger charge is -2.35. The molecule has 0 saturated carbocycles. The van der Waals surface area contributed by atoms with Crippen LogP contribution in [0.2, 0.25) is 0 Å². The topological polar surface area (TPSA) is 74.2 Å². The van der Waals surface area contributed by atoms with Crippen molar-refractivity contribution >= 4 is 23.2 Å². The predicted octanol–water partition coefficient (Wildman–Crippen LogP) is 2.76. The molecule has 0 spiro atoms. The highest BCUT2D eigenvalue weighted by Crippen LogP contribution is 2.20. The summed E-state index contributed by atoms with van der Waals surface area (Å²) in [7, 11) is 0. The maximum Gasteiger partial charge on any atom is 0.257 e. The molecule has 1 N–H and O–H groups in total. The molecule has 1 saturated heterocycles. The highest BCUT2D eigenvalue weighted by Gasteiger charge is 2.20. The quantitative estimate of drug-likeness (QED) is 0.757. The van der Waals surface area contributed by atoms with Gasteiger partial charge in [-0.15, -0.1) is 0 Å². The van der Waals surface area contributed by atoms with Gasteiger partial charge in [0.25, 0.3) is 5.91 Å². The smallest absolute Gasteiger partial charge is 0.257 e. The van der Waals surface area contributed by atoms with Crippen LogP contribution >= 0.6 is 0 Å². The molecule has 4 rings (SSSR count). The van der Waals surface area contributed by atoms with E-state index < -0.39 is 0 Å². The lowest BCUT2D eigenvalue weighted by molar-refractivity contribution is 0.102. The zero-order valence-corrected chi connectivity index (χ0v) is 15.7. The summed E-state index contributed by atoms with van der Waals surface area (Å²) in [5.74, 6) is 0.603. The largest absolute Gasteiger partial charge is 0.367 e. The molecule has 0 radical (unpaired) electrons. The number of benzene rings is 1. The van der Waals surface area contributed by atoms with E-state index in [1.165, 1.54) is 0 Å². The van der Waals surface area contributed by atoms with Gasteiger partial charge in [0.05, 0.1) is 17.4 Å². The van der Waals surface area contributed by atoms with Crippen molar-refractivity contribution in [2.24, 2.45) is 0 Å². The molecule has 28 heavy (non-hydrogen) atoms. The first-order valence-electron chi connectivity index (χ1n) is 9.29. The molecule has 0 atom stereocenters. The SMILES string of the molecule is Cc1ccccc1NC(=O)c1cncc(N2CCN(c3ncccn3)CC2)c1. The van der Waals surface area contributed by atoms with Crippen molar-refractivity contribution in [2.75, 3.05) is 41.3 Å². The number of anilines is 3. The fraction of sp³-hybridized carbons (Fsp3) is 0.238. The number of carbonyl (C=O) groups is 1. The van der Waals surface area contributed by atoms with Crippen LogP contribution in [0.1, 0.15) is 15.9 Å². The first kappa shape index (κ1) is 17.9. The van der Waals surface area contributed by atoms with E-state index in [-0.39, 0.29) is 5.91 Å². The number of pyridine rings is 1. The minimum absolute atomic E-state index is 0.153. The monoisotopic (exact) mass is 374 g/mol. The fourth-order valence-corrected chi connectivity index (χ4v) is 3.25. The van der Waals surface area contributed by atoms with Crippen LogP contribution in [-0.4, -0.2) is 47.0 Å². The third-order valence-electron chi connectivity index (χ3n) is 4.86. The number of nitrogens with one attached hydrogen (secondary N) is 1. The van der Waals surface area contributed by atoms with Crippen LogP contribution in [0, 0.1) is 6.92 Å². The molecule has 0 bridgehead atoms. The first-order chi connectivity index (χ1) is 13.7. The van der Waals surface area contributed by atoms with Crippen molar-refractivity contribution in [1.82, 2.24) is 15.0 Å². The van der Waals surface area contributed by atoms with Crippen LogP contribution in [0.25, 0.3) is 0 Å². The Morgan fingerprint density at radius 3 is 2.43 bits per heavy atom. The van der Waals surface area contributed by atoms with Crippen LogP contribution < -0.4 is 15.1 Å². The highest BCUT2D eigenvalue weighted by molar-refractivity contribution is 6.04. The fourth-order valence-electron chi connectivity index (χ4n) is 3.25. The normalized spacial score (nSPS) is 14.0. The summed E-state index contributed by atoms with van der Waals surface area (Å²) in [6.07, 6.45) is 6.93. The average molecular weight is 374 g/mol. The molecule has 3 aromatic rings. The molecule has 1 amide bonds. The number of amides is 1. The van der Waals surface area contributed by atoms with Crippen LogP contribution in [-0.2, 0) is 0 Å². The van der Waals surface area contributed by atoms with E-state index in [9.17, 15) is 4.79 Å². The Balaban J connectivity index is 1.43. The molecule has 7 heteroatoms. The van der Waals surface area contributed by atoms with Crippen molar-refractivity contribution in [2.45, 2.75) is 6.92 Å². The van der Waals surface area contributed by atoms with Gasteiger partial charge in [-0.05, 0) is 30.7 Å². The molecular formula is C21H22N6O. The zero-order chi connectivity index (χ0) is 19.3. The minimum atomic E-state index is -0.153. The van der Waals surface area contributed by atoms with Crippen molar-refractivity contribution in [1.29, 1.82) is 0 Å². The molecule has 142 valence electrons. The second-order valence-corrected chi connectivity index (χ2v) is 6.72. The zero-order valence-electron chi connectivity index (χ0n) is 15.7. The maximum absolute atomic E-state index is 12.6. The van der Waals surface area contributed by atoms with Gasteiger partial charge in [-0.2, -0.15) is 0 Å². The van der Waals surface area contributed by atoms with Gasteiger partial charge in [0.15, 0.2) is 0 Å². The molecular weight excluding hydrogens is 352 g/mol. The van der Waals surface area contributed by atoms with Crippen molar-refractivity contribution in [3.63, 3.8) is 0 Å². The average Bonchev–Trinajstić information content (AvgIpc) is 2.76. The van der Waals surface area contributed by atoms with E-state index in [2.05, 4.69) is 30.1 Å². The van der Waals surface area contributed by atoms with Crippen LogP contribution in [0.4, 0.5) is 17.3 Å². The van der Waals surface area contributed by atoms with Gasteiger partial charge in [-0.25, -0.2) is 9.97 Å². The Hall–Kier alpha value is -3.48. The number of aryl methyl sites for hydroxylation is 1. The van der Waals surface area contributed by atoms with E-state index in [4.69, 9.17) is 0 Å². The van der Waals surface area contributed by atoms with Crippen molar-refractivity contribution in [3.8, 4) is 0 Å². The summed E-state index contributed by atoms with van der Waals surface area (Å²) in [4.78, 5) is 30.0. The molecule has 1 fully saturated rings. The van der Waals surface area contributed by atoms with Gasteiger partial charge in [0.1, 0.15) is 0 Å². The maximum atomic E-state index is 12.6. The lowest BCUT2D eigenvalue weighted by Crippen LogP contribution is -2.47. The number of carbonyl (C=O) groups excluding carboxylic acids is 1. The number of nitrogens with zero attached hydrogens (tertiary/aromatic N) is 5. The van der Waals surface area contributed by atoms with Crippen LogP contribution in [0.15, 0.2) is 61.2 Å². The second kappa shape index (κ2) is 8.04. The number of piperazine rings is 1. The summed E-state index contributed by atoms with van der Waals surface area (Å²) in [6.45, 7) is 5.26. The molecule has 3 heterocycles. The Labute approximate surface area is 164 Å². The van der Waals surface area contributed by atoms with E-state index in [0.717, 1.165) is 49.1 Å². The highest BCUT2D eigenvalue weighted by atomic mass is 16.1. The summed E-state index contributed by atoms with van der Waals surface area (Å²) in [5, 5.41) is 2.96. The summed E-state index contributed by atoms with van der Waals surface area (Å²) in [5.41, 5.74) is 3.34. The minimum Gasteiger partial charge on any atom is -0.367 e. The van der Waals surface area contributed by atoms with Gasteiger partial charge < -0.3 is 15.1 Å². The van der Waals surface area contributed by atoms with Gasteiger partial charge in [0.2, 0.25) is 5.95 Å². The number of aromatic nitrogens is 3. The Bertz CT molecular complexity index is 954. The molecule has 1 aromatic carbocycles. The van der Waals surface area contributed by atoms with E-state index in [1.54, 1.807) is 24.8 Å². The van der Waals surface area contributed by atoms with Gasteiger partial charge in [-0.3, -0.25) is 9.78 Å². The summed E-state index contributed by atoms with van der Waals surface area (Å²) in [6, 6.07) is 11.4.